The highest BCUT2D eigenvalue weighted by molar-refractivity contribution is 6.32. The number of aldehydes is 1. The van der Waals surface area contributed by atoms with Crippen molar-refractivity contribution in [2.45, 2.75) is 0 Å². The van der Waals surface area contributed by atoms with E-state index in [4.69, 9.17) is 7.85 Å². The van der Waals surface area contributed by atoms with Crippen molar-refractivity contribution in [2.75, 3.05) is 0 Å². The van der Waals surface area contributed by atoms with Gasteiger partial charge in [0.15, 0.2) is 6.29 Å². The Kier molecular flexibility index (Phi) is 2.23. The van der Waals surface area contributed by atoms with Crippen LogP contribution in [0.1, 0.15) is 10.4 Å². The molecule has 0 fully saturated rings. The molecule has 0 N–H and O–H groups in total. The highest BCUT2D eigenvalue weighted by Crippen LogP contribution is 2.13. The smallest absolute Gasteiger partial charge is 0.279 e. The van der Waals surface area contributed by atoms with Crippen molar-refractivity contribution in [1.82, 2.24) is 0 Å². The predicted octanol–water partition coefficient (Wildman–Crippen LogP) is 0.201. The number of hydrogen-bond acceptors (Lipinski definition) is 3. The van der Waals surface area contributed by atoms with E-state index in [9.17, 15) is 14.9 Å². The maximum Gasteiger partial charge on any atom is 0.279 e. The Bertz CT molecular complexity index is 337. The van der Waals surface area contributed by atoms with Crippen molar-refractivity contribution in [3.63, 3.8) is 0 Å². The third-order valence-electron chi connectivity index (χ3n) is 1.38. The highest BCUT2D eigenvalue weighted by Gasteiger charge is 2.11. The average molecular weight is 161 g/mol. The molecule has 1 rings (SSSR count). The first-order valence-corrected chi connectivity index (χ1v) is 3.14. The average Bonchev–Trinajstić information content (AvgIpc) is 2.03. The van der Waals surface area contributed by atoms with E-state index in [0.29, 0.717) is 11.7 Å². The fourth-order valence-corrected chi connectivity index (χ4v) is 0.834. The van der Waals surface area contributed by atoms with Gasteiger partial charge >= 0.3 is 0 Å². The molecule has 0 saturated carbocycles. The SMILES string of the molecule is [B]c1ccc([N+](=O)[O-])c(C=O)c1. The highest BCUT2D eigenvalue weighted by atomic mass is 16.6. The summed E-state index contributed by atoms with van der Waals surface area (Å²) in [5.41, 5.74) is 0.113. The van der Waals surface area contributed by atoms with Gasteiger partial charge in [0.05, 0.1) is 10.5 Å². The number of nitrogens with zero attached hydrogens (tertiary/aromatic N) is 1. The van der Waals surface area contributed by atoms with Crippen molar-refractivity contribution >= 4 is 25.3 Å². The number of nitro groups is 1. The number of rotatable bonds is 2. The predicted molar refractivity (Wildman–Crippen MR) is 43.9 cm³/mol. The third kappa shape index (κ3) is 1.50. The number of benzene rings is 1. The Labute approximate surface area is 69.8 Å². The van der Waals surface area contributed by atoms with Gasteiger partial charge in [0.25, 0.3) is 5.69 Å². The van der Waals surface area contributed by atoms with Crippen LogP contribution in [-0.2, 0) is 0 Å². The molecule has 0 spiro atoms. The number of nitro benzene ring substituents is 1. The van der Waals surface area contributed by atoms with E-state index in [1.54, 1.807) is 0 Å². The number of carbonyl (C=O) groups is 1. The summed E-state index contributed by atoms with van der Waals surface area (Å²) in [6.45, 7) is 0. The van der Waals surface area contributed by atoms with E-state index in [1.807, 2.05) is 0 Å². The van der Waals surface area contributed by atoms with Crippen LogP contribution < -0.4 is 5.46 Å². The zero-order chi connectivity index (χ0) is 9.14. The minimum atomic E-state index is -0.622. The maximum atomic E-state index is 10.3. The summed E-state index contributed by atoms with van der Waals surface area (Å²) in [5, 5.41) is 10.3. The Morgan fingerprint density at radius 2 is 2.17 bits per heavy atom. The molecule has 4 nitrogen and oxygen atoms in total. The Balaban J connectivity index is 3.29. The second-order valence-electron chi connectivity index (χ2n) is 2.19. The fourth-order valence-electron chi connectivity index (χ4n) is 0.834. The molecule has 2 radical (unpaired) electrons. The molecule has 5 heteroatoms. The van der Waals surface area contributed by atoms with Gasteiger partial charge in [0, 0.05) is 6.07 Å². The summed E-state index contributed by atoms with van der Waals surface area (Å²) in [7, 11) is 5.32. The largest absolute Gasteiger partial charge is 0.298 e. The molecule has 1 aromatic rings. The summed E-state index contributed by atoms with van der Waals surface area (Å²) < 4.78 is 0. The fraction of sp³-hybridized carbons (Fsp3) is 0. The summed E-state index contributed by atoms with van der Waals surface area (Å²) in [6.07, 6.45) is 0.411. The summed E-state index contributed by atoms with van der Waals surface area (Å²) in [4.78, 5) is 20.0. The van der Waals surface area contributed by atoms with Crippen LogP contribution >= 0.6 is 0 Å². The van der Waals surface area contributed by atoms with Gasteiger partial charge in [-0.1, -0.05) is 17.6 Å². The quantitative estimate of drug-likeness (QED) is 0.269. The minimum absolute atomic E-state index is 0.000000000000000444. The first-order chi connectivity index (χ1) is 5.65. The van der Waals surface area contributed by atoms with Gasteiger partial charge in [-0.3, -0.25) is 14.9 Å². The standard InChI is InChI=1S/C7H4BNO3/c8-6-1-2-7(9(11)12)5(3-6)4-10/h1-4H. The van der Waals surface area contributed by atoms with Crippen LogP contribution in [0, 0.1) is 10.1 Å². The Hall–Kier alpha value is -1.65. The van der Waals surface area contributed by atoms with Gasteiger partial charge in [-0.15, -0.1) is 0 Å². The third-order valence-corrected chi connectivity index (χ3v) is 1.38. The zero-order valence-electron chi connectivity index (χ0n) is 6.06. The van der Waals surface area contributed by atoms with Crippen LogP contribution in [0.4, 0.5) is 5.69 Å². The van der Waals surface area contributed by atoms with Crippen molar-refractivity contribution in [2.24, 2.45) is 0 Å². The van der Waals surface area contributed by atoms with Gasteiger partial charge in [-0.2, -0.15) is 0 Å². The second kappa shape index (κ2) is 3.17. The lowest BCUT2D eigenvalue weighted by molar-refractivity contribution is -0.385. The molecule has 0 aliphatic carbocycles. The van der Waals surface area contributed by atoms with Crippen LogP contribution in [0.2, 0.25) is 0 Å². The molecule has 0 atom stereocenters. The van der Waals surface area contributed by atoms with Gasteiger partial charge in [-0.25, -0.2) is 0 Å². The lowest BCUT2D eigenvalue weighted by atomic mass is 9.94. The maximum absolute atomic E-state index is 10.3. The van der Waals surface area contributed by atoms with E-state index < -0.39 is 4.92 Å². The van der Waals surface area contributed by atoms with Gasteiger partial charge in [-0.05, 0) is 0 Å². The zero-order valence-corrected chi connectivity index (χ0v) is 6.06. The summed E-state index contributed by atoms with van der Waals surface area (Å²) in [5.74, 6) is 0. The van der Waals surface area contributed by atoms with E-state index in [2.05, 4.69) is 0 Å². The van der Waals surface area contributed by atoms with Crippen molar-refractivity contribution in [3.05, 3.63) is 33.9 Å². The molecular weight excluding hydrogens is 157 g/mol. The topological polar surface area (TPSA) is 60.2 Å². The van der Waals surface area contributed by atoms with Crippen LogP contribution in [0.5, 0.6) is 0 Å². The molecule has 12 heavy (non-hydrogen) atoms. The summed E-state index contributed by atoms with van der Waals surface area (Å²) in [6, 6.07) is 3.86. The van der Waals surface area contributed by atoms with Crippen molar-refractivity contribution in [1.29, 1.82) is 0 Å². The molecule has 1 aromatic carbocycles. The monoisotopic (exact) mass is 161 g/mol. The molecule has 0 aromatic heterocycles. The molecule has 58 valence electrons. The van der Waals surface area contributed by atoms with Crippen molar-refractivity contribution in [3.8, 4) is 0 Å². The van der Waals surface area contributed by atoms with Crippen LogP contribution in [0.25, 0.3) is 0 Å². The van der Waals surface area contributed by atoms with Crippen LogP contribution in [-0.4, -0.2) is 19.1 Å². The Morgan fingerprint density at radius 1 is 1.50 bits per heavy atom. The molecule has 0 bridgehead atoms. The minimum Gasteiger partial charge on any atom is -0.298 e. The number of hydrogen-bond donors (Lipinski definition) is 0. The molecule has 0 aliphatic rings. The lowest BCUT2D eigenvalue weighted by Gasteiger charge is -1.96. The molecule has 0 aliphatic heterocycles. The second-order valence-corrected chi connectivity index (χ2v) is 2.19. The van der Waals surface area contributed by atoms with E-state index in [1.165, 1.54) is 18.2 Å². The Morgan fingerprint density at radius 3 is 2.67 bits per heavy atom. The van der Waals surface area contributed by atoms with E-state index in [-0.39, 0.29) is 11.3 Å². The van der Waals surface area contributed by atoms with Gasteiger partial charge in [0.2, 0.25) is 0 Å². The molecular formula is C7H4BNO3. The van der Waals surface area contributed by atoms with E-state index >= 15 is 0 Å². The molecule has 0 unspecified atom stereocenters. The summed E-state index contributed by atoms with van der Waals surface area (Å²) >= 11 is 0. The van der Waals surface area contributed by atoms with Crippen LogP contribution in [0.15, 0.2) is 18.2 Å². The lowest BCUT2D eigenvalue weighted by Crippen LogP contribution is -2.05. The first kappa shape index (κ1) is 8.45. The molecule has 0 amide bonds. The normalized spacial score (nSPS) is 9.33. The first-order valence-electron chi connectivity index (χ1n) is 3.14. The van der Waals surface area contributed by atoms with Crippen molar-refractivity contribution < 1.29 is 9.72 Å². The van der Waals surface area contributed by atoms with Crippen LogP contribution in [0.3, 0.4) is 0 Å². The van der Waals surface area contributed by atoms with E-state index in [0.717, 1.165) is 0 Å². The number of carbonyl (C=O) groups excluding carboxylic acids is 1. The molecule has 0 heterocycles. The van der Waals surface area contributed by atoms with Gasteiger partial charge in [0.1, 0.15) is 7.85 Å². The molecule has 0 saturated heterocycles. The van der Waals surface area contributed by atoms with Gasteiger partial charge < -0.3 is 0 Å².